The highest BCUT2D eigenvalue weighted by Crippen LogP contribution is 2.32. The third kappa shape index (κ3) is 4.13. The number of hydrogen-bond acceptors (Lipinski definition) is 2. The quantitative estimate of drug-likeness (QED) is 0.912. The number of benzene rings is 1. The van der Waals surface area contributed by atoms with E-state index in [2.05, 4.69) is 12.2 Å². The number of rotatable bonds is 3. The van der Waals surface area contributed by atoms with Gasteiger partial charge in [0.05, 0.1) is 0 Å². The van der Waals surface area contributed by atoms with Gasteiger partial charge in [-0.3, -0.25) is 0 Å². The van der Waals surface area contributed by atoms with Crippen LogP contribution in [-0.2, 0) is 0 Å². The van der Waals surface area contributed by atoms with Gasteiger partial charge >= 0.3 is 6.18 Å². The minimum atomic E-state index is -4.29. The molecule has 0 bridgehead atoms. The Balaban J connectivity index is 2.06. The molecule has 2 atom stereocenters. The van der Waals surface area contributed by atoms with Crippen molar-refractivity contribution >= 4 is 0 Å². The molecule has 0 saturated carbocycles. The van der Waals surface area contributed by atoms with Crippen LogP contribution < -0.4 is 10.1 Å². The zero-order valence-electron chi connectivity index (χ0n) is 10.8. The zero-order valence-corrected chi connectivity index (χ0v) is 10.8. The normalized spacial score (nSPS) is 24.2. The summed E-state index contributed by atoms with van der Waals surface area (Å²) in [5, 5.41) is 3.31. The fourth-order valence-electron chi connectivity index (χ4n) is 2.51. The van der Waals surface area contributed by atoms with Gasteiger partial charge in [-0.05, 0) is 49.0 Å². The summed E-state index contributed by atoms with van der Waals surface area (Å²) in [5.74, 6) is 1.16. The molecule has 0 spiro atoms. The second kappa shape index (κ2) is 5.82. The number of ether oxygens (including phenoxy) is 1. The molecule has 1 aliphatic heterocycles. The Morgan fingerprint density at radius 1 is 1.37 bits per heavy atom. The molecular weight excluding hydrogens is 255 g/mol. The zero-order chi connectivity index (χ0) is 13.9. The first-order chi connectivity index (χ1) is 8.96. The van der Waals surface area contributed by atoms with E-state index in [1.54, 1.807) is 18.2 Å². The minimum absolute atomic E-state index is 0.292. The van der Waals surface area contributed by atoms with Crippen LogP contribution in [0.25, 0.3) is 0 Å². The summed E-state index contributed by atoms with van der Waals surface area (Å²) in [6.45, 7) is 2.80. The van der Waals surface area contributed by atoms with Crippen molar-refractivity contribution in [1.29, 1.82) is 0 Å². The lowest BCUT2D eigenvalue weighted by Gasteiger charge is -2.30. The third-order valence-electron chi connectivity index (χ3n) is 3.47. The lowest BCUT2D eigenvalue weighted by Crippen LogP contribution is -2.33. The van der Waals surface area contributed by atoms with Gasteiger partial charge in [-0.15, -0.1) is 0 Å². The molecule has 1 aliphatic rings. The summed E-state index contributed by atoms with van der Waals surface area (Å²) in [7, 11) is 0. The van der Waals surface area contributed by atoms with Crippen LogP contribution >= 0.6 is 0 Å². The summed E-state index contributed by atoms with van der Waals surface area (Å²) in [6.07, 6.45) is -3.29. The standard InChI is InChI=1S/C14H18F3NO/c1-10-8-18-6-5-13(10)11-3-2-4-12(7-11)19-9-14(15,16)17/h2-4,7,10,13,18H,5-6,8-9H2,1H3. The topological polar surface area (TPSA) is 21.3 Å². The lowest BCUT2D eigenvalue weighted by atomic mass is 9.82. The molecule has 1 heterocycles. The van der Waals surface area contributed by atoms with Gasteiger partial charge in [-0.25, -0.2) is 0 Å². The SMILES string of the molecule is CC1CNCCC1c1cccc(OCC(F)(F)F)c1. The third-order valence-corrected chi connectivity index (χ3v) is 3.47. The van der Waals surface area contributed by atoms with E-state index in [9.17, 15) is 13.2 Å². The van der Waals surface area contributed by atoms with Crippen LogP contribution in [0.1, 0.15) is 24.8 Å². The molecule has 0 aliphatic carbocycles. The Morgan fingerprint density at radius 2 is 2.16 bits per heavy atom. The Labute approximate surface area is 111 Å². The van der Waals surface area contributed by atoms with E-state index in [-0.39, 0.29) is 0 Å². The van der Waals surface area contributed by atoms with Gasteiger partial charge < -0.3 is 10.1 Å². The highest BCUT2D eigenvalue weighted by molar-refractivity contribution is 5.31. The van der Waals surface area contributed by atoms with E-state index in [0.29, 0.717) is 17.6 Å². The lowest BCUT2D eigenvalue weighted by molar-refractivity contribution is -0.153. The van der Waals surface area contributed by atoms with Crippen LogP contribution in [0.2, 0.25) is 0 Å². The van der Waals surface area contributed by atoms with Crippen LogP contribution in [0.5, 0.6) is 5.75 Å². The molecule has 19 heavy (non-hydrogen) atoms. The highest BCUT2D eigenvalue weighted by atomic mass is 19.4. The number of hydrogen-bond donors (Lipinski definition) is 1. The van der Waals surface area contributed by atoms with Crippen LogP contribution in [0.3, 0.4) is 0 Å². The van der Waals surface area contributed by atoms with E-state index in [1.807, 2.05) is 6.07 Å². The smallest absolute Gasteiger partial charge is 0.422 e. The van der Waals surface area contributed by atoms with Gasteiger partial charge in [0.1, 0.15) is 5.75 Å². The van der Waals surface area contributed by atoms with E-state index >= 15 is 0 Å². The predicted octanol–water partition coefficient (Wildman–Crippen LogP) is 3.34. The molecule has 5 heteroatoms. The molecular formula is C14H18F3NO. The molecule has 1 aromatic carbocycles. The van der Waals surface area contributed by atoms with Gasteiger partial charge in [0, 0.05) is 0 Å². The maximum atomic E-state index is 12.1. The van der Waals surface area contributed by atoms with Crippen LogP contribution in [0, 0.1) is 5.92 Å². The molecule has 106 valence electrons. The highest BCUT2D eigenvalue weighted by Gasteiger charge is 2.28. The van der Waals surface area contributed by atoms with Crippen molar-refractivity contribution in [2.75, 3.05) is 19.7 Å². The average molecular weight is 273 g/mol. The van der Waals surface area contributed by atoms with Crippen molar-refractivity contribution < 1.29 is 17.9 Å². The number of nitrogens with one attached hydrogen (secondary N) is 1. The Bertz CT molecular complexity index is 419. The predicted molar refractivity (Wildman–Crippen MR) is 67.4 cm³/mol. The molecule has 2 rings (SSSR count). The van der Waals surface area contributed by atoms with Crippen molar-refractivity contribution in [3.63, 3.8) is 0 Å². The first-order valence-corrected chi connectivity index (χ1v) is 6.46. The van der Waals surface area contributed by atoms with E-state index in [1.165, 1.54) is 0 Å². The molecule has 1 N–H and O–H groups in total. The van der Waals surface area contributed by atoms with Crippen molar-refractivity contribution in [2.24, 2.45) is 5.92 Å². The second-order valence-corrected chi connectivity index (χ2v) is 5.05. The first-order valence-electron chi connectivity index (χ1n) is 6.46. The summed E-state index contributed by atoms with van der Waals surface area (Å²) < 4.78 is 41.2. The molecule has 0 radical (unpaired) electrons. The van der Waals surface area contributed by atoms with Crippen LogP contribution in [0.4, 0.5) is 13.2 Å². The molecule has 1 saturated heterocycles. The maximum absolute atomic E-state index is 12.1. The number of alkyl halides is 3. The van der Waals surface area contributed by atoms with Gasteiger partial charge in [0.25, 0.3) is 0 Å². The summed E-state index contributed by atoms with van der Waals surface area (Å²) in [5.41, 5.74) is 1.06. The number of halogens is 3. The summed E-state index contributed by atoms with van der Waals surface area (Å²) in [4.78, 5) is 0. The monoisotopic (exact) mass is 273 g/mol. The fraction of sp³-hybridized carbons (Fsp3) is 0.571. The van der Waals surface area contributed by atoms with Gasteiger partial charge in [0.2, 0.25) is 0 Å². The summed E-state index contributed by atoms with van der Waals surface area (Å²) in [6, 6.07) is 7.03. The number of piperidine rings is 1. The van der Waals surface area contributed by atoms with Gasteiger partial charge in [0.15, 0.2) is 6.61 Å². The molecule has 1 aromatic rings. The van der Waals surface area contributed by atoms with Crippen molar-refractivity contribution in [3.8, 4) is 5.75 Å². The molecule has 0 aromatic heterocycles. The fourth-order valence-corrected chi connectivity index (χ4v) is 2.51. The Morgan fingerprint density at radius 3 is 2.84 bits per heavy atom. The molecule has 1 fully saturated rings. The molecule has 2 unspecified atom stereocenters. The van der Waals surface area contributed by atoms with E-state index in [4.69, 9.17) is 4.74 Å². The first kappa shape index (κ1) is 14.2. The largest absolute Gasteiger partial charge is 0.484 e. The van der Waals surface area contributed by atoms with Gasteiger partial charge in [-0.1, -0.05) is 19.1 Å². The van der Waals surface area contributed by atoms with Crippen molar-refractivity contribution in [3.05, 3.63) is 29.8 Å². The maximum Gasteiger partial charge on any atom is 0.422 e. The summed E-state index contributed by atoms with van der Waals surface area (Å²) >= 11 is 0. The molecule has 2 nitrogen and oxygen atoms in total. The van der Waals surface area contributed by atoms with Crippen molar-refractivity contribution in [1.82, 2.24) is 5.32 Å². The van der Waals surface area contributed by atoms with Crippen LogP contribution in [-0.4, -0.2) is 25.9 Å². The Hall–Kier alpha value is -1.23. The Kier molecular flexibility index (Phi) is 4.34. The van der Waals surface area contributed by atoms with Gasteiger partial charge in [-0.2, -0.15) is 13.2 Å². The van der Waals surface area contributed by atoms with E-state index < -0.39 is 12.8 Å². The average Bonchev–Trinajstić information content (AvgIpc) is 2.36. The minimum Gasteiger partial charge on any atom is -0.484 e. The molecule has 0 amide bonds. The second-order valence-electron chi connectivity index (χ2n) is 5.05. The van der Waals surface area contributed by atoms with Crippen molar-refractivity contribution in [2.45, 2.75) is 25.4 Å². The van der Waals surface area contributed by atoms with E-state index in [0.717, 1.165) is 25.1 Å². The van der Waals surface area contributed by atoms with Crippen LogP contribution in [0.15, 0.2) is 24.3 Å².